The fourth-order valence-electron chi connectivity index (χ4n) is 2.60. The lowest BCUT2D eigenvalue weighted by Crippen LogP contribution is -2.23. The summed E-state index contributed by atoms with van der Waals surface area (Å²) in [5.74, 6) is 1.26. The van der Waals surface area contributed by atoms with Crippen molar-refractivity contribution >= 4 is 38.3 Å². The van der Waals surface area contributed by atoms with E-state index in [9.17, 15) is 4.79 Å². The van der Waals surface area contributed by atoms with Gasteiger partial charge in [0.15, 0.2) is 5.82 Å². The summed E-state index contributed by atoms with van der Waals surface area (Å²) in [7, 11) is 1.61. The molecule has 0 saturated heterocycles. The van der Waals surface area contributed by atoms with E-state index in [4.69, 9.17) is 4.74 Å². The van der Waals surface area contributed by atoms with E-state index >= 15 is 0 Å². The molecular weight excluding hydrogens is 402 g/mol. The van der Waals surface area contributed by atoms with Gasteiger partial charge >= 0.3 is 0 Å². The van der Waals surface area contributed by atoms with Crippen LogP contribution in [0, 0.1) is 0 Å². The highest BCUT2D eigenvalue weighted by Gasteiger charge is 2.14. The van der Waals surface area contributed by atoms with Gasteiger partial charge in [-0.1, -0.05) is 57.6 Å². The molecule has 4 rings (SSSR count). The number of halogens is 1. The second-order valence-electron chi connectivity index (χ2n) is 5.31. The van der Waals surface area contributed by atoms with Crippen LogP contribution in [0.4, 0.5) is 0 Å². The predicted octanol–water partition coefficient (Wildman–Crippen LogP) is 3.14. The van der Waals surface area contributed by atoms with Crippen molar-refractivity contribution < 1.29 is 4.74 Å². The van der Waals surface area contributed by atoms with Gasteiger partial charge in [0.1, 0.15) is 5.75 Å². The molecule has 0 aliphatic carbocycles. The van der Waals surface area contributed by atoms with Gasteiger partial charge in [-0.25, -0.2) is 4.40 Å². The second-order valence-corrected chi connectivity index (χ2v) is 7.23. The van der Waals surface area contributed by atoms with E-state index in [0.29, 0.717) is 21.1 Å². The number of thiazole rings is 1. The normalized spacial score (nSPS) is 12.0. The smallest absolute Gasteiger partial charge is 0.276 e. The van der Waals surface area contributed by atoms with Crippen molar-refractivity contribution in [3.05, 3.63) is 73.5 Å². The van der Waals surface area contributed by atoms with Crippen molar-refractivity contribution in [2.45, 2.75) is 0 Å². The summed E-state index contributed by atoms with van der Waals surface area (Å²) < 4.78 is 8.43. The zero-order chi connectivity index (χ0) is 17.4. The van der Waals surface area contributed by atoms with Crippen LogP contribution in [0.1, 0.15) is 5.56 Å². The molecule has 0 radical (unpaired) electrons. The van der Waals surface area contributed by atoms with Crippen LogP contribution in [0.2, 0.25) is 0 Å². The zero-order valence-electron chi connectivity index (χ0n) is 13.1. The Balaban J connectivity index is 1.94. The van der Waals surface area contributed by atoms with Crippen LogP contribution < -0.4 is 14.8 Å². The minimum atomic E-state index is -0.133. The van der Waals surface area contributed by atoms with Gasteiger partial charge in [-0.15, -0.1) is 10.2 Å². The molecule has 7 heteroatoms. The molecule has 124 valence electrons. The molecule has 25 heavy (non-hydrogen) atoms. The average molecular weight is 414 g/mol. The molecule has 2 heterocycles. The summed E-state index contributed by atoms with van der Waals surface area (Å²) in [5.41, 5.74) is 1.55. The third-order valence-corrected chi connectivity index (χ3v) is 5.21. The molecule has 0 aliphatic heterocycles. The Morgan fingerprint density at radius 2 is 1.96 bits per heavy atom. The number of hydrogen-bond acceptors (Lipinski definition) is 5. The zero-order valence-corrected chi connectivity index (χ0v) is 15.5. The number of hydrogen-bond donors (Lipinski definition) is 0. The average Bonchev–Trinajstić information content (AvgIpc) is 3.17. The van der Waals surface area contributed by atoms with Crippen LogP contribution in [0.25, 0.3) is 22.4 Å². The van der Waals surface area contributed by atoms with Crippen molar-refractivity contribution in [1.82, 2.24) is 14.6 Å². The summed E-state index contributed by atoms with van der Waals surface area (Å²) in [6, 6.07) is 15.2. The SMILES string of the molecule is COc1ccc(Br)cc1/C=c1/sc2nnc(-c3ccccc3)n2c1=O. The standard InChI is InChI=1S/C18H12BrN3O2S/c1-24-14-8-7-13(19)9-12(14)10-15-17(23)22-16(20-21-18(22)25-15)11-5-3-2-4-6-11/h2-10H,1H3/b15-10+. The lowest BCUT2D eigenvalue weighted by atomic mass is 10.2. The van der Waals surface area contributed by atoms with E-state index in [0.717, 1.165) is 15.6 Å². The first kappa shape index (κ1) is 16.0. The van der Waals surface area contributed by atoms with Gasteiger partial charge in [0.05, 0.1) is 11.6 Å². The lowest BCUT2D eigenvalue weighted by Gasteiger charge is -2.04. The van der Waals surface area contributed by atoms with Crippen molar-refractivity contribution in [3.8, 4) is 17.1 Å². The van der Waals surface area contributed by atoms with Crippen molar-refractivity contribution in [1.29, 1.82) is 0 Å². The van der Waals surface area contributed by atoms with Crippen LogP contribution in [-0.4, -0.2) is 21.7 Å². The number of methoxy groups -OCH3 is 1. The number of benzene rings is 2. The Hall–Kier alpha value is -2.51. The second kappa shape index (κ2) is 6.42. The molecule has 0 bridgehead atoms. The molecule has 0 atom stereocenters. The third kappa shape index (κ3) is 2.85. The first-order valence-electron chi connectivity index (χ1n) is 7.46. The summed E-state index contributed by atoms with van der Waals surface area (Å²) in [4.78, 5) is 13.5. The van der Waals surface area contributed by atoms with Crippen LogP contribution in [0.3, 0.4) is 0 Å². The fraction of sp³-hybridized carbons (Fsp3) is 0.0556. The molecule has 0 spiro atoms. The van der Waals surface area contributed by atoms with Crippen LogP contribution in [0.5, 0.6) is 5.75 Å². The van der Waals surface area contributed by atoms with E-state index in [1.54, 1.807) is 11.5 Å². The van der Waals surface area contributed by atoms with Gasteiger partial charge in [0.25, 0.3) is 5.56 Å². The molecule has 0 N–H and O–H groups in total. The first-order chi connectivity index (χ1) is 12.2. The monoisotopic (exact) mass is 413 g/mol. The Morgan fingerprint density at radius 1 is 1.16 bits per heavy atom. The van der Waals surface area contributed by atoms with Gasteiger partial charge in [0, 0.05) is 15.6 Å². The van der Waals surface area contributed by atoms with Crippen LogP contribution in [-0.2, 0) is 0 Å². The van der Waals surface area contributed by atoms with Gasteiger partial charge in [-0.05, 0) is 24.3 Å². The van der Waals surface area contributed by atoms with Crippen LogP contribution in [0.15, 0.2) is 57.8 Å². The highest BCUT2D eigenvalue weighted by molar-refractivity contribution is 9.10. The summed E-state index contributed by atoms with van der Waals surface area (Å²) in [6.45, 7) is 0. The van der Waals surface area contributed by atoms with E-state index < -0.39 is 0 Å². The Kier molecular flexibility index (Phi) is 4.10. The number of rotatable bonds is 3. The lowest BCUT2D eigenvalue weighted by molar-refractivity contribution is 0.414. The van der Waals surface area contributed by atoms with Gasteiger partial charge in [-0.2, -0.15) is 0 Å². The molecule has 5 nitrogen and oxygen atoms in total. The Bertz CT molecular complexity index is 1170. The minimum absolute atomic E-state index is 0.133. The number of aromatic nitrogens is 3. The number of nitrogens with zero attached hydrogens (tertiary/aromatic N) is 3. The molecule has 2 aromatic heterocycles. The largest absolute Gasteiger partial charge is 0.496 e. The molecule has 0 unspecified atom stereocenters. The molecule has 4 aromatic rings. The first-order valence-corrected chi connectivity index (χ1v) is 9.07. The quantitative estimate of drug-likeness (QED) is 0.517. The Morgan fingerprint density at radius 3 is 2.72 bits per heavy atom. The third-order valence-electron chi connectivity index (χ3n) is 3.76. The number of ether oxygens (including phenoxy) is 1. The number of fused-ring (bicyclic) bond motifs is 1. The van der Waals surface area contributed by atoms with Crippen molar-refractivity contribution in [2.24, 2.45) is 0 Å². The van der Waals surface area contributed by atoms with E-state index in [1.807, 2.05) is 54.6 Å². The molecule has 0 saturated carbocycles. The maximum absolute atomic E-state index is 12.9. The predicted molar refractivity (Wildman–Crippen MR) is 102 cm³/mol. The highest BCUT2D eigenvalue weighted by atomic mass is 79.9. The molecular formula is C18H12BrN3O2S. The van der Waals surface area contributed by atoms with E-state index in [1.165, 1.54) is 11.3 Å². The minimum Gasteiger partial charge on any atom is -0.496 e. The molecule has 2 aromatic carbocycles. The highest BCUT2D eigenvalue weighted by Crippen LogP contribution is 2.24. The van der Waals surface area contributed by atoms with E-state index in [-0.39, 0.29) is 5.56 Å². The topological polar surface area (TPSA) is 56.5 Å². The maximum atomic E-state index is 12.9. The Labute approximate surface area is 155 Å². The summed E-state index contributed by atoms with van der Waals surface area (Å²) in [5, 5.41) is 8.31. The van der Waals surface area contributed by atoms with Gasteiger partial charge in [0.2, 0.25) is 4.96 Å². The molecule has 0 aliphatic rings. The van der Waals surface area contributed by atoms with Crippen molar-refractivity contribution in [2.75, 3.05) is 7.11 Å². The van der Waals surface area contributed by atoms with Gasteiger partial charge in [-0.3, -0.25) is 4.79 Å². The van der Waals surface area contributed by atoms with Crippen molar-refractivity contribution in [3.63, 3.8) is 0 Å². The van der Waals surface area contributed by atoms with Gasteiger partial charge < -0.3 is 4.74 Å². The van der Waals surface area contributed by atoms with E-state index in [2.05, 4.69) is 26.1 Å². The summed E-state index contributed by atoms with van der Waals surface area (Å²) in [6.07, 6.45) is 1.82. The summed E-state index contributed by atoms with van der Waals surface area (Å²) >= 11 is 4.76. The fourth-order valence-corrected chi connectivity index (χ4v) is 3.88. The van der Waals surface area contributed by atoms with Crippen LogP contribution >= 0.6 is 27.3 Å². The maximum Gasteiger partial charge on any atom is 0.276 e. The molecule has 0 fully saturated rings. The molecule has 0 amide bonds.